The summed E-state index contributed by atoms with van der Waals surface area (Å²) in [6.07, 6.45) is 0. The summed E-state index contributed by atoms with van der Waals surface area (Å²) < 4.78 is 10.3. The molecule has 15 heavy (non-hydrogen) atoms. The normalized spacial score (nSPS) is 12.4. The van der Waals surface area contributed by atoms with E-state index in [0.29, 0.717) is 19.8 Å². The maximum atomic E-state index is 5.67. The van der Waals surface area contributed by atoms with Crippen LogP contribution in [0.25, 0.3) is 0 Å². The minimum Gasteiger partial charge on any atom is -0.382 e. The lowest BCUT2D eigenvalue weighted by Gasteiger charge is -2.28. The number of ether oxygens (including phenoxy) is 2. The van der Waals surface area contributed by atoms with Gasteiger partial charge in [0.05, 0.1) is 19.8 Å². The topological polar surface area (TPSA) is 47.7 Å². The molecule has 0 atom stereocenters. The minimum absolute atomic E-state index is 0.182. The molecule has 0 saturated carbocycles. The van der Waals surface area contributed by atoms with Crippen molar-refractivity contribution in [1.29, 1.82) is 0 Å². The number of hydrogen-bond donors (Lipinski definition) is 1. The van der Waals surface area contributed by atoms with Crippen molar-refractivity contribution < 1.29 is 9.47 Å². The van der Waals surface area contributed by atoms with Gasteiger partial charge in [0.1, 0.15) is 0 Å². The van der Waals surface area contributed by atoms with Gasteiger partial charge in [-0.3, -0.25) is 0 Å². The van der Waals surface area contributed by atoms with Crippen molar-refractivity contribution in [2.75, 3.05) is 53.6 Å². The standard InChI is InChI=1S/C11H26N2O2/c1-11(2,9-12)10-13(3)5-6-15-8-7-14-4/h5-10,12H2,1-4H3. The van der Waals surface area contributed by atoms with E-state index in [4.69, 9.17) is 15.2 Å². The number of methoxy groups -OCH3 is 1. The predicted molar refractivity (Wildman–Crippen MR) is 63.0 cm³/mol. The van der Waals surface area contributed by atoms with E-state index in [2.05, 4.69) is 25.8 Å². The molecule has 0 bridgehead atoms. The first-order valence-corrected chi connectivity index (χ1v) is 5.47. The summed E-state index contributed by atoms with van der Waals surface area (Å²) in [5.41, 5.74) is 5.86. The van der Waals surface area contributed by atoms with E-state index in [-0.39, 0.29) is 5.41 Å². The highest BCUT2D eigenvalue weighted by atomic mass is 16.5. The van der Waals surface area contributed by atoms with Crippen molar-refractivity contribution in [1.82, 2.24) is 4.90 Å². The van der Waals surface area contributed by atoms with Gasteiger partial charge in [-0.15, -0.1) is 0 Å². The highest BCUT2D eigenvalue weighted by Crippen LogP contribution is 2.13. The van der Waals surface area contributed by atoms with E-state index in [1.807, 2.05) is 0 Å². The van der Waals surface area contributed by atoms with Gasteiger partial charge in [0.15, 0.2) is 0 Å². The third-order valence-corrected chi connectivity index (χ3v) is 2.30. The monoisotopic (exact) mass is 218 g/mol. The van der Waals surface area contributed by atoms with Crippen LogP contribution < -0.4 is 5.73 Å². The Bertz CT molecular complexity index is 152. The Morgan fingerprint density at radius 1 is 1.20 bits per heavy atom. The van der Waals surface area contributed by atoms with E-state index in [1.54, 1.807) is 7.11 Å². The highest BCUT2D eigenvalue weighted by molar-refractivity contribution is 4.72. The van der Waals surface area contributed by atoms with Crippen molar-refractivity contribution in [2.45, 2.75) is 13.8 Å². The molecule has 0 fully saturated rings. The molecule has 0 rings (SSSR count). The molecule has 0 saturated heterocycles. The molecule has 0 spiro atoms. The molecule has 92 valence electrons. The molecule has 0 amide bonds. The molecule has 0 aliphatic heterocycles. The molecule has 0 aliphatic rings. The SMILES string of the molecule is COCCOCCN(C)CC(C)(C)CN. The van der Waals surface area contributed by atoms with Crippen LogP contribution in [-0.2, 0) is 9.47 Å². The maximum absolute atomic E-state index is 5.67. The number of rotatable bonds is 9. The Labute approximate surface area is 93.7 Å². The number of nitrogens with zero attached hydrogens (tertiary/aromatic N) is 1. The fourth-order valence-corrected chi connectivity index (χ4v) is 1.34. The van der Waals surface area contributed by atoms with Crippen molar-refractivity contribution in [2.24, 2.45) is 11.1 Å². The highest BCUT2D eigenvalue weighted by Gasteiger charge is 2.17. The second kappa shape index (κ2) is 8.05. The summed E-state index contributed by atoms with van der Waals surface area (Å²) in [5, 5.41) is 0. The second-order valence-electron chi connectivity index (χ2n) is 4.71. The summed E-state index contributed by atoms with van der Waals surface area (Å²) in [4.78, 5) is 2.25. The third-order valence-electron chi connectivity index (χ3n) is 2.30. The Hall–Kier alpha value is -0.160. The van der Waals surface area contributed by atoms with Gasteiger partial charge < -0.3 is 20.1 Å². The molecule has 0 radical (unpaired) electrons. The summed E-state index contributed by atoms with van der Waals surface area (Å²) in [6.45, 7) is 9.08. The van der Waals surface area contributed by atoms with Gasteiger partial charge in [0.25, 0.3) is 0 Å². The number of likely N-dealkylation sites (N-methyl/N-ethyl adjacent to an activating group) is 1. The zero-order chi connectivity index (χ0) is 11.7. The number of nitrogens with two attached hydrogens (primary N) is 1. The Morgan fingerprint density at radius 2 is 1.87 bits per heavy atom. The molecule has 4 nitrogen and oxygen atoms in total. The van der Waals surface area contributed by atoms with Gasteiger partial charge in [-0.2, -0.15) is 0 Å². The van der Waals surface area contributed by atoms with E-state index in [9.17, 15) is 0 Å². The Balaban J connectivity index is 3.45. The van der Waals surface area contributed by atoms with Crippen LogP contribution in [0, 0.1) is 5.41 Å². The van der Waals surface area contributed by atoms with Crippen LogP contribution in [0.4, 0.5) is 0 Å². The van der Waals surface area contributed by atoms with Crippen LogP contribution in [0.1, 0.15) is 13.8 Å². The molecule has 0 aromatic carbocycles. The molecule has 4 heteroatoms. The van der Waals surface area contributed by atoms with Crippen LogP contribution in [0.15, 0.2) is 0 Å². The fourth-order valence-electron chi connectivity index (χ4n) is 1.34. The molecule has 0 aliphatic carbocycles. The van der Waals surface area contributed by atoms with E-state index in [0.717, 1.165) is 19.7 Å². The lowest BCUT2D eigenvalue weighted by Crippen LogP contribution is -2.38. The van der Waals surface area contributed by atoms with E-state index >= 15 is 0 Å². The predicted octanol–water partition coefficient (Wildman–Crippen LogP) is 0.566. The van der Waals surface area contributed by atoms with Crippen LogP contribution >= 0.6 is 0 Å². The van der Waals surface area contributed by atoms with Gasteiger partial charge in [-0.1, -0.05) is 13.8 Å². The van der Waals surface area contributed by atoms with Crippen molar-refractivity contribution in [3.63, 3.8) is 0 Å². The molecule has 0 heterocycles. The van der Waals surface area contributed by atoms with Crippen molar-refractivity contribution in [3.05, 3.63) is 0 Å². The van der Waals surface area contributed by atoms with Gasteiger partial charge in [-0.25, -0.2) is 0 Å². The molecular weight excluding hydrogens is 192 g/mol. The molecule has 0 aromatic heterocycles. The summed E-state index contributed by atoms with van der Waals surface area (Å²) in [7, 11) is 3.77. The van der Waals surface area contributed by atoms with Crippen molar-refractivity contribution in [3.8, 4) is 0 Å². The van der Waals surface area contributed by atoms with Gasteiger partial charge in [-0.05, 0) is 19.0 Å². The Morgan fingerprint density at radius 3 is 2.40 bits per heavy atom. The van der Waals surface area contributed by atoms with Gasteiger partial charge >= 0.3 is 0 Å². The quantitative estimate of drug-likeness (QED) is 0.575. The first-order chi connectivity index (χ1) is 7.02. The summed E-state index contributed by atoms with van der Waals surface area (Å²) >= 11 is 0. The number of hydrogen-bond acceptors (Lipinski definition) is 4. The maximum Gasteiger partial charge on any atom is 0.0700 e. The van der Waals surface area contributed by atoms with Crippen molar-refractivity contribution >= 4 is 0 Å². The van der Waals surface area contributed by atoms with E-state index < -0.39 is 0 Å². The molecular formula is C11H26N2O2. The summed E-state index contributed by atoms with van der Waals surface area (Å²) in [5.74, 6) is 0. The first kappa shape index (κ1) is 14.8. The average Bonchev–Trinajstić information content (AvgIpc) is 2.17. The first-order valence-electron chi connectivity index (χ1n) is 5.47. The van der Waals surface area contributed by atoms with Crippen LogP contribution in [0.3, 0.4) is 0 Å². The molecule has 0 unspecified atom stereocenters. The van der Waals surface area contributed by atoms with Crippen LogP contribution in [-0.4, -0.2) is 58.5 Å². The smallest absolute Gasteiger partial charge is 0.0700 e. The lowest BCUT2D eigenvalue weighted by molar-refractivity contribution is 0.0561. The third kappa shape index (κ3) is 8.81. The second-order valence-corrected chi connectivity index (χ2v) is 4.71. The van der Waals surface area contributed by atoms with Crippen LogP contribution in [0.2, 0.25) is 0 Å². The Kier molecular flexibility index (Phi) is 7.96. The van der Waals surface area contributed by atoms with Crippen LogP contribution in [0.5, 0.6) is 0 Å². The average molecular weight is 218 g/mol. The lowest BCUT2D eigenvalue weighted by atomic mass is 9.93. The fraction of sp³-hybridized carbons (Fsp3) is 1.00. The van der Waals surface area contributed by atoms with Gasteiger partial charge in [0.2, 0.25) is 0 Å². The van der Waals surface area contributed by atoms with Gasteiger partial charge in [0, 0.05) is 20.2 Å². The minimum atomic E-state index is 0.182. The zero-order valence-electron chi connectivity index (χ0n) is 10.6. The zero-order valence-corrected chi connectivity index (χ0v) is 10.6. The van der Waals surface area contributed by atoms with E-state index in [1.165, 1.54) is 0 Å². The largest absolute Gasteiger partial charge is 0.382 e. The molecule has 0 aromatic rings. The summed E-state index contributed by atoms with van der Waals surface area (Å²) in [6, 6.07) is 0. The molecule has 2 N–H and O–H groups in total.